The maximum Gasteiger partial charge on any atom is 0.331 e. The summed E-state index contributed by atoms with van der Waals surface area (Å²) >= 11 is 0. The van der Waals surface area contributed by atoms with Crippen LogP contribution >= 0.6 is 0 Å². The summed E-state index contributed by atoms with van der Waals surface area (Å²) in [6.07, 6.45) is 5.37. The molecule has 0 radical (unpaired) electrons. The molecule has 2 aromatic carbocycles. The number of ketones is 1. The van der Waals surface area contributed by atoms with Crippen LogP contribution in [-0.2, 0) is 26.0 Å². The summed E-state index contributed by atoms with van der Waals surface area (Å²) in [4.78, 5) is 24.5. The van der Waals surface area contributed by atoms with Crippen molar-refractivity contribution >= 4 is 33.5 Å². The summed E-state index contributed by atoms with van der Waals surface area (Å²) in [5.41, 5.74) is 2.50. The molecule has 1 aliphatic heterocycles. The first-order chi connectivity index (χ1) is 14.8. The van der Waals surface area contributed by atoms with Gasteiger partial charge >= 0.3 is 5.97 Å². The molecular weight excluding hydrogens is 418 g/mol. The van der Waals surface area contributed by atoms with Crippen LogP contribution in [0.5, 0.6) is 5.75 Å². The van der Waals surface area contributed by atoms with Crippen LogP contribution < -0.4 is 9.04 Å². The Morgan fingerprint density at radius 2 is 1.94 bits per heavy atom. The topological polar surface area (TPSA) is 90.0 Å². The van der Waals surface area contributed by atoms with Gasteiger partial charge in [-0.1, -0.05) is 18.2 Å². The third kappa shape index (κ3) is 5.73. The lowest BCUT2D eigenvalue weighted by molar-refractivity contribution is -0.136. The maximum absolute atomic E-state index is 12.5. The number of esters is 1. The van der Waals surface area contributed by atoms with E-state index in [4.69, 9.17) is 9.47 Å². The number of ether oxygens (including phenoxy) is 2. The quantitative estimate of drug-likeness (QED) is 0.353. The van der Waals surface area contributed by atoms with E-state index >= 15 is 0 Å². The number of carbonyl (C=O) groups is 2. The highest BCUT2D eigenvalue weighted by molar-refractivity contribution is 7.92. The number of benzene rings is 2. The zero-order valence-corrected chi connectivity index (χ0v) is 18.4. The molecule has 8 heteroatoms. The number of anilines is 1. The average molecular weight is 444 g/mol. The second kappa shape index (κ2) is 9.78. The highest BCUT2D eigenvalue weighted by atomic mass is 32.2. The first-order valence-electron chi connectivity index (χ1n) is 10.00. The molecule has 0 bridgehead atoms. The lowest BCUT2D eigenvalue weighted by Crippen LogP contribution is -2.34. The van der Waals surface area contributed by atoms with Gasteiger partial charge in [-0.15, -0.1) is 0 Å². The van der Waals surface area contributed by atoms with E-state index in [0.29, 0.717) is 43.0 Å². The van der Waals surface area contributed by atoms with Gasteiger partial charge in [-0.25, -0.2) is 13.2 Å². The van der Waals surface area contributed by atoms with Crippen LogP contribution in [0, 0.1) is 0 Å². The van der Waals surface area contributed by atoms with Gasteiger partial charge in [-0.05, 0) is 55.7 Å². The van der Waals surface area contributed by atoms with Crippen LogP contribution in [0.4, 0.5) is 5.69 Å². The summed E-state index contributed by atoms with van der Waals surface area (Å²) < 4.78 is 35.8. The number of carbonyl (C=O) groups excluding carboxylic acids is 2. The molecule has 7 nitrogen and oxygen atoms in total. The molecule has 0 unspecified atom stereocenters. The van der Waals surface area contributed by atoms with E-state index < -0.39 is 22.6 Å². The van der Waals surface area contributed by atoms with Crippen molar-refractivity contribution in [3.63, 3.8) is 0 Å². The molecule has 1 aliphatic rings. The molecule has 3 rings (SSSR count). The Labute approximate surface area is 182 Å². The molecule has 2 aromatic rings. The summed E-state index contributed by atoms with van der Waals surface area (Å²) in [5.74, 6) is -0.334. The molecule has 0 spiro atoms. The molecule has 31 heavy (non-hydrogen) atoms. The van der Waals surface area contributed by atoms with Crippen molar-refractivity contribution in [2.75, 3.05) is 30.3 Å². The number of hydrogen-bond acceptors (Lipinski definition) is 6. The van der Waals surface area contributed by atoms with Gasteiger partial charge in [-0.3, -0.25) is 9.10 Å². The zero-order valence-electron chi connectivity index (χ0n) is 17.5. The van der Waals surface area contributed by atoms with Crippen LogP contribution in [0.2, 0.25) is 0 Å². The molecule has 1 heterocycles. The third-order valence-electron chi connectivity index (χ3n) is 4.84. The first-order valence-corrected chi connectivity index (χ1v) is 11.8. The number of aryl methyl sites for hydroxylation is 1. The fourth-order valence-electron chi connectivity index (χ4n) is 3.41. The second-order valence-electron chi connectivity index (χ2n) is 7.12. The normalized spacial score (nSPS) is 13.7. The van der Waals surface area contributed by atoms with E-state index in [1.807, 2.05) is 25.1 Å². The number of rotatable bonds is 8. The second-order valence-corrected chi connectivity index (χ2v) is 9.02. The lowest BCUT2D eigenvalue weighted by Gasteiger charge is -2.29. The minimum absolute atomic E-state index is 0.351. The van der Waals surface area contributed by atoms with Crippen molar-refractivity contribution in [3.8, 4) is 5.75 Å². The maximum atomic E-state index is 12.5. The zero-order chi connectivity index (χ0) is 22.4. The molecule has 0 aromatic heterocycles. The largest absolute Gasteiger partial charge is 0.493 e. The Hall–Kier alpha value is -3.13. The fraction of sp³-hybridized carbons (Fsp3) is 0.304. The molecule has 0 fully saturated rings. The Balaban J connectivity index is 1.63. The highest BCUT2D eigenvalue weighted by Crippen LogP contribution is 2.30. The number of para-hydroxylation sites is 1. The van der Waals surface area contributed by atoms with E-state index in [9.17, 15) is 18.0 Å². The van der Waals surface area contributed by atoms with Crippen LogP contribution in [0.3, 0.4) is 0 Å². The summed E-state index contributed by atoms with van der Waals surface area (Å²) in [6, 6.07) is 12.2. The van der Waals surface area contributed by atoms with Gasteiger partial charge in [0, 0.05) is 23.7 Å². The van der Waals surface area contributed by atoms with Gasteiger partial charge < -0.3 is 9.47 Å². The predicted molar refractivity (Wildman–Crippen MR) is 119 cm³/mol. The van der Waals surface area contributed by atoms with E-state index in [2.05, 4.69) is 0 Å². The molecule has 0 aliphatic carbocycles. The van der Waals surface area contributed by atoms with Crippen molar-refractivity contribution in [2.24, 2.45) is 0 Å². The fourth-order valence-corrected chi connectivity index (χ4v) is 4.41. The van der Waals surface area contributed by atoms with Crippen molar-refractivity contribution in [3.05, 3.63) is 65.2 Å². The summed E-state index contributed by atoms with van der Waals surface area (Å²) in [6.45, 7) is 2.41. The summed E-state index contributed by atoms with van der Waals surface area (Å²) in [7, 11) is -3.37. The van der Waals surface area contributed by atoms with Crippen LogP contribution in [-0.4, -0.2) is 46.2 Å². The first kappa shape index (κ1) is 22.6. The van der Waals surface area contributed by atoms with Crippen molar-refractivity contribution < 1.29 is 27.5 Å². The smallest absolute Gasteiger partial charge is 0.331 e. The van der Waals surface area contributed by atoms with Crippen molar-refractivity contribution in [1.29, 1.82) is 0 Å². The monoisotopic (exact) mass is 443 g/mol. The Bertz CT molecular complexity index is 1110. The highest BCUT2D eigenvalue weighted by Gasteiger charge is 2.24. The van der Waals surface area contributed by atoms with E-state index in [1.54, 1.807) is 30.3 Å². The molecular formula is C23H25NO6S. The molecule has 164 valence electrons. The van der Waals surface area contributed by atoms with Gasteiger partial charge in [0.1, 0.15) is 5.75 Å². The van der Waals surface area contributed by atoms with Gasteiger partial charge in [0.05, 0.1) is 18.6 Å². The summed E-state index contributed by atoms with van der Waals surface area (Å²) in [5, 5.41) is 0. The third-order valence-corrected chi connectivity index (χ3v) is 6.02. The minimum Gasteiger partial charge on any atom is -0.493 e. The molecule has 0 amide bonds. The molecule has 0 N–H and O–H groups in total. The number of fused-ring (bicyclic) bond motifs is 1. The lowest BCUT2D eigenvalue weighted by atomic mass is 9.99. The molecule has 0 saturated heterocycles. The van der Waals surface area contributed by atoms with Gasteiger partial charge in [0.15, 0.2) is 12.4 Å². The number of Topliss-reactive ketones (excluding diaryl/α,β-unsaturated/α-hetero) is 1. The van der Waals surface area contributed by atoms with Crippen LogP contribution in [0.1, 0.15) is 34.8 Å². The Morgan fingerprint density at radius 3 is 2.68 bits per heavy atom. The van der Waals surface area contributed by atoms with E-state index in [0.717, 1.165) is 11.1 Å². The Kier molecular flexibility index (Phi) is 7.12. The average Bonchev–Trinajstić information content (AvgIpc) is 2.75. The van der Waals surface area contributed by atoms with Crippen LogP contribution in [0.25, 0.3) is 6.08 Å². The van der Waals surface area contributed by atoms with E-state index in [1.165, 1.54) is 16.6 Å². The predicted octanol–water partition coefficient (Wildman–Crippen LogP) is 3.24. The van der Waals surface area contributed by atoms with Gasteiger partial charge in [0.2, 0.25) is 10.0 Å². The number of hydrogen-bond donors (Lipinski definition) is 0. The van der Waals surface area contributed by atoms with Crippen LogP contribution in [0.15, 0.2) is 48.5 Å². The van der Waals surface area contributed by atoms with Crippen molar-refractivity contribution in [1.82, 2.24) is 0 Å². The van der Waals surface area contributed by atoms with Gasteiger partial charge in [-0.2, -0.15) is 0 Å². The molecule has 0 atom stereocenters. The Morgan fingerprint density at radius 1 is 1.16 bits per heavy atom. The van der Waals surface area contributed by atoms with E-state index in [-0.39, 0.29) is 5.78 Å². The standard InChI is InChI=1S/C23H25NO6S/c1-3-29-22-9-5-4-7-17(22)11-13-23(26)30-16-21(25)19-10-12-20-18(15-19)8-6-14-24(20)31(2,27)28/h4-5,7,9-13,15H,3,6,8,14,16H2,1-2H3/b13-11+. The SMILES string of the molecule is CCOc1ccccc1/C=C/C(=O)OCC(=O)c1ccc2c(c1)CCCN2S(C)(=O)=O. The molecule has 0 saturated carbocycles. The number of sulfonamides is 1. The van der Waals surface area contributed by atoms with Crippen molar-refractivity contribution in [2.45, 2.75) is 19.8 Å². The number of nitrogens with zero attached hydrogens (tertiary/aromatic N) is 1. The van der Waals surface area contributed by atoms with Gasteiger partial charge in [0.25, 0.3) is 0 Å². The minimum atomic E-state index is -3.37.